The van der Waals surface area contributed by atoms with Gasteiger partial charge in [-0.15, -0.1) is 24.0 Å². The monoisotopic (exact) mass is 443 g/mol. The number of guanidine groups is 1. The van der Waals surface area contributed by atoms with Gasteiger partial charge in [-0.2, -0.15) is 11.8 Å². The summed E-state index contributed by atoms with van der Waals surface area (Å²) in [5.41, 5.74) is -0.602. The highest BCUT2D eigenvalue weighted by atomic mass is 127. The standard InChI is InChI=1S/C15H29N3O2S.HI/c1-3-16-14(17-11-15(19)7-10-21-12-15)18-8-5-13(6-9-18)20-4-2;/h13,19H,3-12H2,1-2H3,(H,16,17);1H. The summed E-state index contributed by atoms with van der Waals surface area (Å²) in [5.74, 6) is 2.79. The van der Waals surface area contributed by atoms with Gasteiger partial charge in [0.25, 0.3) is 0 Å². The van der Waals surface area contributed by atoms with Crippen molar-refractivity contribution in [1.82, 2.24) is 10.2 Å². The maximum absolute atomic E-state index is 10.4. The zero-order chi connectivity index (χ0) is 15.1. The Bertz CT molecular complexity index is 344. The minimum atomic E-state index is -0.602. The molecule has 0 aromatic heterocycles. The van der Waals surface area contributed by atoms with Crippen molar-refractivity contribution in [2.45, 2.75) is 44.8 Å². The molecule has 1 unspecified atom stereocenters. The van der Waals surface area contributed by atoms with Crippen LogP contribution in [0.4, 0.5) is 0 Å². The third-order valence-corrected chi connectivity index (χ3v) is 5.32. The summed E-state index contributed by atoms with van der Waals surface area (Å²) in [6.07, 6.45) is 3.36. The summed E-state index contributed by atoms with van der Waals surface area (Å²) in [6, 6.07) is 0. The topological polar surface area (TPSA) is 57.1 Å². The van der Waals surface area contributed by atoms with E-state index in [0.717, 1.165) is 63.0 Å². The van der Waals surface area contributed by atoms with E-state index in [1.54, 1.807) is 0 Å². The van der Waals surface area contributed by atoms with Crippen LogP contribution in [0.2, 0.25) is 0 Å². The molecule has 22 heavy (non-hydrogen) atoms. The molecule has 2 saturated heterocycles. The molecule has 0 bridgehead atoms. The second-order valence-corrected chi connectivity index (χ2v) is 6.94. The van der Waals surface area contributed by atoms with E-state index < -0.39 is 5.60 Å². The zero-order valence-electron chi connectivity index (χ0n) is 13.7. The van der Waals surface area contributed by atoms with Gasteiger partial charge in [-0.3, -0.25) is 4.99 Å². The number of rotatable bonds is 5. The van der Waals surface area contributed by atoms with E-state index in [-0.39, 0.29) is 24.0 Å². The van der Waals surface area contributed by atoms with Gasteiger partial charge in [0.1, 0.15) is 0 Å². The second-order valence-electron chi connectivity index (χ2n) is 5.84. The molecule has 0 radical (unpaired) electrons. The van der Waals surface area contributed by atoms with Crippen LogP contribution >= 0.6 is 35.7 Å². The summed E-state index contributed by atoms with van der Waals surface area (Å²) < 4.78 is 5.70. The van der Waals surface area contributed by atoms with Crippen LogP contribution in [0.25, 0.3) is 0 Å². The normalized spacial score (nSPS) is 26.9. The molecule has 2 fully saturated rings. The first-order valence-electron chi connectivity index (χ1n) is 8.12. The lowest BCUT2D eigenvalue weighted by Crippen LogP contribution is -2.47. The predicted octanol–water partition coefficient (Wildman–Crippen LogP) is 1.94. The largest absolute Gasteiger partial charge is 0.387 e. The fraction of sp³-hybridized carbons (Fsp3) is 0.933. The number of nitrogens with zero attached hydrogens (tertiary/aromatic N) is 2. The SMILES string of the molecule is CCNC(=NCC1(O)CCSC1)N1CCC(OCC)CC1.I. The van der Waals surface area contributed by atoms with Crippen LogP contribution < -0.4 is 5.32 Å². The van der Waals surface area contributed by atoms with Gasteiger partial charge in [-0.25, -0.2) is 0 Å². The number of piperidine rings is 1. The van der Waals surface area contributed by atoms with Crippen molar-refractivity contribution >= 4 is 41.7 Å². The van der Waals surface area contributed by atoms with Crippen molar-refractivity contribution in [2.75, 3.05) is 44.3 Å². The molecule has 2 aliphatic heterocycles. The average Bonchev–Trinajstić information content (AvgIpc) is 2.92. The highest BCUT2D eigenvalue weighted by molar-refractivity contribution is 14.0. The van der Waals surface area contributed by atoms with Crippen LogP contribution in [0.1, 0.15) is 33.1 Å². The molecule has 2 rings (SSSR count). The Balaban J connectivity index is 0.00000242. The van der Waals surface area contributed by atoms with Gasteiger partial charge in [0.2, 0.25) is 0 Å². The van der Waals surface area contributed by atoms with Crippen LogP contribution in [-0.2, 0) is 4.74 Å². The molecule has 2 heterocycles. The summed E-state index contributed by atoms with van der Waals surface area (Å²) >= 11 is 1.82. The minimum absolute atomic E-state index is 0. The van der Waals surface area contributed by atoms with Crippen molar-refractivity contribution in [3.63, 3.8) is 0 Å². The Morgan fingerprint density at radius 3 is 2.68 bits per heavy atom. The van der Waals surface area contributed by atoms with Gasteiger partial charge in [0.05, 0.1) is 18.2 Å². The molecule has 1 atom stereocenters. The van der Waals surface area contributed by atoms with E-state index >= 15 is 0 Å². The highest BCUT2D eigenvalue weighted by Gasteiger charge is 2.32. The van der Waals surface area contributed by atoms with Crippen LogP contribution in [0.5, 0.6) is 0 Å². The van der Waals surface area contributed by atoms with E-state index in [2.05, 4.69) is 29.1 Å². The third-order valence-electron chi connectivity index (χ3n) is 4.08. The number of hydrogen-bond donors (Lipinski definition) is 2. The van der Waals surface area contributed by atoms with Gasteiger partial charge in [-0.1, -0.05) is 0 Å². The van der Waals surface area contributed by atoms with Crippen LogP contribution in [0.3, 0.4) is 0 Å². The summed E-state index contributed by atoms with van der Waals surface area (Å²) in [4.78, 5) is 6.99. The molecule has 0 amide bonds. The molecule has 130 valence electrons. The number of aliphatic imine (C=N–C) groups is 1. The Morgan fingerprint density at radius 1 is 1.41 bits per heavy atom. The van der Waals surface area contributed by atoms with E-state index in [9.17, 15) is 5.11 Å². The molecule has 2 N–H and O–H groups in total. The fourth-order valence-corrected chi connectivity index (χ4v) is 4.12. The number of likely N-dealkylation sites (tertiary alicyclic amines) is 1. The molecular weight excluding hydrogens is 413 g/mol. The molecule has 5 nitrogen and oxygen atoms in total. The van der Waals surface area contributed by atoms with Crippen LogP contribution in [0, 0.1) is 0 Å². The van der Waals surface area contributed by atoms with Crippen molar-refractivity contribution in [3.8, 4) is 0 Å². The molecule has 0 spiro atoms. The number of hydrogen-bond acceptors (Lipinski definition) is 4. The van der Waals surface area contributed by atoms with Gasteiger partial charge >= 0.3 is 0 Å². The molecule has 0 aromatic carbocycles. The van der Waals surface area contributed by atoms with E-state index in [1.807, 2.05) is 11.8 Å². The van der Waals surface area contributed by atoms with Gasteiger partial charge in [-0.05, 0) is 38.9 Å². The number of nitrogens with one attached hydrogen (secondary N) is 1. The molecular formula is C15H30IN3O2S. The quantitative estimate of drug-likeness (QED) is 0.387. The van der Waals surface area contributed by atoms with Crippen molar-refractivity contribution in [2.24, 2.45) is 4.99 Å². The Hall–Kier alpha value is 0.270. The lowest BCUT2D eigenvalue weighted by molar-refractivity contribution is 0.0261. The molecule has 0 saturated carbocycles. The average molecular weight is 443 g/mol. The maximum Gasteiger partial charge on any atom is 0.194 e. The first-order valence-corrected chi connectivity index (χ1v) is 9.27. The molecule has 0 aliphatic carbocycles. The van der Waals surface area contributed by atoms with Gasteiger partial charge < -0.3 is 20.1 Å². The van der Waals surface area contributed by atoms with E-state index in [1.165, 1.54) is 0 Å². The first-order chi connectivity index (χ1) is 10.2. The molecule has 7 heteroatoms. The van der Waals surface area contributed by atoms with Crippen molar-refractivity contribution < 1.29 is 9.84 Å². The summed E-state index contributed by atoms with van der Waals surface area (Å²) in [5, 5.41) is 13.8. The second kappa shape index (κ2) is 10.2. The molecule has 2 aliphatic rings. The lowest BCUT2D eigenvalue weighted by atomic mass is 10.0. The number of ether oxygens (including phenoxy) is 1. The Kier molecular flexibility index (Phi) is 9.42. The van der Waals surface area contributed by atoms with Crippen molar-refractivity contribution in [1.29, 1.82) is 0 Å². The Labute approximate surface area is 155 Å². The highest BCUT2D eigenvalue weighted by Crippen LogP contribution is 2.28. The predicted molar refractivity (Wildman–Crippen MR) is 105 cm³/mol. The van der Waals surface area contributed by atoms with E-state index in [4.69, 9.17) is 4.74 Å². The third kappa shape index (κ3) is 6.05. The number of halogens is 1. The number of thioether (sulfide) groups is 1. The first kappa shape index (κ1) is 20.3. The lowest BCUT2D eigenvalue weighted by Gasteiger charge is -2.34. The van der Waals surface area contributed by atoms with Crippen LogP contribution in [-0.4, -0.2) is 72.0 Å². The fourth-order valence-electron chi connectivity index (χ4n) is 2.84. The van der Waals surface area contributed by atoms with Crippen LogP contribution in [0.15, 0.2) is 4.99 Å². The maximum atomic E-state index is 10.4. The van der Waals surface area contributed by atoms with Gasteiger partial charge in [0, 0.05) is 32.0 Å². The van der Waals surface area contributed by atoms with E-state index in [0.29, 0.717) is 12.6 Å². The number of aliphatic hydroxyl groups is 1. The summed E-state index contributed by atoms with van der Waals surface area (Å²) in [6.45, 7) is 8.25. The summed E-state index contributed by atoms with van der Waals surface area (Å²) in [7, 11) is 0. The zero-order valence-corrected chi connectivity index (χ0v) is 16.9. The van der Waals surface area contributed by atoms with Gasteiger partial charge in [0.15, 0.2) is 5.96 Å². The minimum Gasteiger partial charge on any atom is -0.387 e. The molecule has 0 aromatic rings. The van der Waals surface area contributed by atoms with Crippen molar-refractivity contribution in [3.05, 3.63) is 0 Å². The smallest absolute Gasteiger partial charge is 0.194 e. The Morgan fingerprint density at radius 2 is 2.14 bits per heavy atom.